The number of non-ortho nitro benzene ring substituents is 1. The monoisotopic (exact) mass is 384 g/mol. The summed E-state index contributed by atoms with van der Waals surface area (Å²) in [7, 11) is 0. The van der Waals surface area contributed by atoms with Crippen molar-refractivity contribution in [2.24, 2.45) is 0 Å². The Morgan fingerprint density at radius 1 is 1.23 bits per heavy atom. The molecule has 1 aliphatic rings. The van der Waals surface area contributed by atoms with Crippen LogP contribution in [0, 0.1) is 10.1 Å². The largest absolute Gasteiger partial charge is 0.295 e. The average molecular weight is 384 g/mol. The number of hydrogen-bond donors (Lipinski definition) is 0. The minimum absolute atomic E-state index is 0.0472. The van der Waals surface area contributed by atoms with E-state index in [0.717, 1.165) is 11.8 Å². The quantitative estimate of drug-likeness (QED) is 0.258. The lowest BCUT2D eigenvalue weighted by Crippen LogP contribution is -2.27. The predicted molar refractivity (Wildman–Crippen MR) is 105 cm³/mol. The van der Waals surface area contributed by atoms with Crippen LogP contribution in [0.1, 0.15) is 22.8 Å². The summed E-state index contributed by atoms with van der Waals surface area (Å²) in [6.45, 7) is 1.47. The third-order valence-electron chi connectivity index (χ3n) is 3.70. The van der Waals surface area contributed by atoms with Gasteiger partial charge in [0, 0.05) is 17.7 Å². The zero-order chi connectivity index (χ0) is 18.8. The second kappa shape index (κ2) is 7.19. The Kier molecular flexibility index (Phi) is 4.97. The van der Waals surface area contributed by atoms with Crippen molar-refractivity contribution in [3.8, 4) is 0 Å². The van der Waals surface area contributed by atoms with Crippen molar-refractivity contribution < 1.29 is 14.5 Å². The Bertz CT molecular complexity index is 967. The molecule has 0 unspecified atom stereocenters. The molecule has 1 fully saturated rings. The lowest BCUT2D eigenvalue weighted by molar-refractivity contribution is -0.384. The zero-order valence-electron chi connectivity index (χ0n) is 13.5. The van der Waals surface area contributed by atoms with Crippen LogP contribution < -0.4 is 4.90 Å². The number of ketones is 1. The Morgan fingerprint density at radius 3 is 2.54 bits per heavy atom. The maximum Gasteiger partial charge on any atom is 0.270 e. The van der Waals surface area contributed by atoms with Gasteiger partial charge in [0.05, 0.1) is 15.5 Å². The van der Waals surface area contributed by atoms with Crippen LogP contribution in [0.4, 0.5) is 11.4 Å². The number of thiocarbonyl (C=S) groups is 1. The molecule has 0 aliphatic carbocycles. The third kappa shape index (κ3) is 3.56. The number of anilines is 1. The summed E-state index contributed by atoms with van der Waals surface area (Å²) in [4.78, 5) is 36.2. The van der Waals surface area contributed by atoms with Gasteiger partial charge in [0.1, 0.15) is 0 Å². The molecule has 1 heterocycles. The van der Waals surface area contributed by atoms with E-state index >= 15 is 0 Å². The molecule has 3 rings (SSSR count). The number of nitro groups is 1. The Hall–Kier alpha value is -2.84. The topological polar surface area (TPSA) is 80.5 Å². The maximum atomic E-state index is 12.7. The zero-order valence-corrected chi connectivity index (χ0v) is 15.2. The van der Waals surface area contributed by atoms with Crippen molar-refractivity contribution in [2.45, 2.75) is 6.92 Å². The predicted octanol–water partition coefficient (Wildman–Crippen LogP) is 4.20. The van der Waals surface area contributed by atoms with Crippen LogP contribution in [0.2, 0.25) is 0 Å². The molecular formula is C18H12N2O4S2. The van der Waals surface area contributed by atoms with Crippen molar-refractivity contribution in [3.05, 3.63) is 74.7 Å². The molecule has 130 valence electrons. The summed E-state index contributed by atoms with van der Waals surface area (Å²) < 4.78 is 0.363. The van der Waals surface area contributed by atoms with E-state index in [1.807, 2.05) is 0 Å². The van der Waals surface area contributed by atoms with Crippen molar-refractivity contribution >= 4 is 57.4 Å². The standard InChI is InChI=1S/C18H12N2O4S2/c1-11(21)13-5-7-14(8-6-13)19-17(22)16(26-18(19)25)10-12-3-2-4-15(9-12)20(23)24/h2-10H,1H3. The number of rotatable bonds is 4. The highest BCUT2D eigenvalue weighted by Crippen LogP contribution is 2.36. The number of hydrogen-bond acceptors (Lipinski definition) is 6. The van der Waals surface area contributed by atoms with E-state index in [0.29, 0.717) is 26.0 Å². The number of Topliss-reactive ketones (excluding diaryl/α,β-unsaturated/α-hetero) is 1. The molecule has 6 nitrogen and oxygen atoms in total. The summed E-state index contributed by atoms with van der Waals surface area (Å²) in [5, 5.41) is 10.9. The van der Waals surface area contributed by atoms with Gasteiger partial charge in [-0.1, -0.05) is 36.1 Å². The van der Waals surface area contributed by atoms with Gasteiger partial charge in [-0.05, 0) is 42.8 Å². The molecule has 0 N–H and O–H groups in total. The van der Waals surface area contributed by atoms with E-state index in [4.69, 9.17) is 12.2 Å². The van der Waals surface area contributed by atoms with E-state index in [9.17, 15) is 19.7 Å². The van der Waals surface area contributed by atoms with E-state index in [1.54, 1.807) is 42.5 Å². The molecular weight excluding hydrogens is 372 g/mol. The molecule has 8 heteroatoms. The normalized spacial score (nSPS) is 15.6. The summed E-state index contributed by atoms with van der Waals surface area (Å²) in [6, 6.07) is 12.6. The lowest BCUT2D eigenvalue weighted by Gasteiger charge is -2.14. The minimum Gasteiger partial charge on any atom is -0.295 e. The smallest absolute Gasteiger partial charge is 0.270 e. The van der Waals surface area contributed by atoms with Crippen molar-refractivity contribution in [2.75, 3.05) is 4.90 Å². The lowest BCUT2D eigenvalue weighted by atomic mass is 10.1. The van der Waals surface area contributed by atoms with Crippen LogP contribution in [0.5, 0.6) is 0 Å². The Labute approximate surface area is 158 Å². The molecule has 0 spiro atoms. The fraction of sp³-hybridized carbons (Fsp3) is 0.0556. The second-order valence-electron chi connectivity index (χ2n) is 5.47. The molecule has 0 atom stereocenters. The summed E-state index contributed by atoms with van der Waals surface area (Å²) >= 11 is 6.43. The van der Waals surface area contributed by atoms with Gasteiger partial charge in [0.15, 0.2) is 10.1 Å². The van der Waals surface area contributed by atoms with Crippen LogP contribution >= 0.6 is 24.0 Å². The number of nitrogens with zero attached hydrogens (tertiary/aromatic N) is 2. The first-order chi connectivity index (χ1) is 12.4. The van der Waals surface area contributed by atoms with Crippen LogP contribution in [0.25, 0.3) is 6.08 Å². The third-order valence-corrected chi connectivity index (χ3v) is 5.01. The van der Waals surface area contributed by atoms with E-state index in [-0.39, 0.29) is 17.4 Å². The Balaban J connectivity index is 1.90. The number of thioether (sulfide) groups is 1. The molecule has 1 saturated heterocycles. The first-order valence-electron chi connectivity index (χ1n) is 7.50. The molecule has 2 aromatic carbocycles. The van der Waals surface area contributed by atoms with Crippen LogP contribution in [-0.4, -0.2) is 20.9 Å². The van der Waals surface area contributed by atoms with Crippen LogP contribution in [0.3, 0.4) is 0 Å². The first-order valence-corrected chi connectivity index (χ1v) is 8.73. The van der Waals surface area contributed by atoms with Gasteiger partial charge in [-0.25, -0.2) is 0 Å². The van der Waals surface area contributed by atoms with Gasteiger partial charge in [-0.3, -0.25) is 24.6 Å². The minimum atomic E-state index is -0.487. The molecule has 1 amide bonds. The molecule has 0 saturated carbocycles. The highest BCUT2D eigenvalue weighted by atomic mass is 32.2. The summed E-state index contributed by atoms with van der Waals surface area (Å²) in [5.41, 5.74) is 1.62. The van der Waals surface area contributed by atoms with Gasteiger partial charge in [-0.2, -0.15) is 0 Å². The van der Waals surface area contributed by atoms with Crippen molar-refractivity contribution in [1.82, 2.24) is 0 Å². The molecule has 0 aromatic heterocycles. The van der Waals surface area contributed by atoms with Crippen molar-refractivity contribution in [1.29, 1.82) is 0 Å². The van der Waals surface area contributed by atoms with Gasteiger partial charge in [0.2, 0.25) is 0 Å². The van der Waals surface area contributed by atoms with E-state index in [2.05, 4.69) is 0 Å². The van der Waals surface area contributed by atoms with E-state index in [1.165, 1.54) is 24.0 Å². The average Bonchev–Trinajstić information content (AvgIpc) is 2.89. The van der Waals surface area contributed by atoms with Gasteiger partial charge in [-0.15, -0.1) is 0 Å². The fourth-order valence-electron chi connectivity index (χ4n) is 2.42. The van der Waals surface area contributed by atoms with Crippen LogP contribution in [-0.2, 0) is 4.79 Å². The maximum absolute atomic E-state index is 12.7. The number of carbonyl (C=O) groups excluding carboxylic acids is 2. The highest BCUT2D eigenvalue weighted by Gasteiger charge is 2.33. The van der Waals surface area contributed by atoms with Gasteiger partial charge >= 0.3 is 0 Å². The number of nitro benzene ring substituents is 1. The molecule has 0 radical (unpaired) electrons. The van der Waals surface area contributed by atoms with Crippen LogP contribution in [0.15, 0.2) is 53.4 Å². The highest BCUT2D eigenvalue weighted by molar-refractivity contribution is 8.27. The van der Waals surface area contributed by atoms with Gasteiger partial charge < -0.3 is 0 Å². The van der Waals surface area contributed by atoms with Crippen molar-refractivity contribution in [3.63, 3.8) is 0 Å². The number of carbonyl (C=O) groups is 2. The first kappa shape index (κ1) is 18.0. The van der Waals surface area contributed by atoms with Gasteiger partial charge in [0.25, 0.3) is 11.6 Å². The molecule has 1 aliphatic heterocycles. The fourth-order valence-corrected chi connectivity index (χ4v) is 3.71. The Morgan fingerprint density at radius 2 is 1.92 bits per heavy atom. The molecule has 0 bridgehead atoms. The summed E-state index contributed by atoms with van der Waals surface area (Å²) in [5.74, 6) is -0.366. The second-order valence-corrected chi connectivity index (χ2v) is 7.15. The number of amides is 1. The van der Waals surface area contributed by atoms with E-state index < -0.39 is 4.92 Å². The molecule has 2 aromatic rings. The summed E-state index contributed by atoms with van der Waals surface area (Å²) in [6.07, 6.45) is 1.58. The molecule has 26 heavy (non-hydrogen) atoms. The SMILES string of the molecule is CC(=O)c1ccc(N2C(=O)C(=Cc3cccc([N+](=O)[O-])c3)SC2=S)cc1. The number of benzene rings is 2.